The highest BCUT2D eigenvalue weighted by Crippen LogP contribution is 2.34. The average molecular weight is 329 g/mol. The van der Waals surface area contributed by atoms with Gasteiger partial charge >= 0.3 is 0 Å². The van der Waals surface area contributed by atoms with Crippen molar-refractivity contribution in [1.82, 2.24) is 5.16 Å². The molecular formula is C17H19N3O4. The highest BCUT2D eigenvalue weighted by molar-refractivity contribution is 6.04. The summed E-state index contributed by atoms with van der Waals surface area (Å²) >= 11 is 0. The van der Waals surface area contributed by atoms with Crippen LogP contribution in [0.1, 0.15) is 17.7 Å². The maximum Gasteiger partial charge on any atom is 0.231 e. The van der Waals surface area contributed by atoms with Gasteiger partial charge in [0.15, 0.2) is 5.82 Å². The fraction of sp³-hybridized carbons (Fsp3) is 0.353. The molecule has 3 rings (SSSR count). The predicted molar refractivity (Wildman–Crippen MR) is 88.1 cm³/mol. The van der Waals surface area contributed by atoms with E-state index in [-0.39, 0.29) is 18.2 Å². The van der Waals surface area contributed by atoms with Gasteiger partial charge in [-0.15, -0.1) is 0 Å². The van der Waals surface area contributed by atoms with Crippen LogP contribution in [-0.2, 0) is 9.59 Å². The molecule has 1 N–H and O–H groups in total. The molecule has 0 aliphatic carbocycles. The van der Waals surface area contributed by atoms with Crippen molar-refractivity contribution < 1.29 is 18.8 Å². The Kier molecular flexibility index (Phi) is 4.24. The average Bonchev–Trinajstić information content (AvgIpc) is 3.13. The van der Waals surface area contributed by atoms with Gasteiger partial charge in [0.1, 0.15) is 11.5 Å². The number of nitrogens with zero attached hydrogens (tertiary/aromatic N) is 2. The van der Waals surface area contributed by atoms with E-state index in [1.54, 1.807) is 25.0 Å². The molecule has 1 atom stereocenters. The first-order valence-corrected chi connectivity index (χ1v) is 7.67. The molecule has 0 saturated carbocycles. The van der Waals surface area contributed by atoms with Gasteiger partial charge in [-0.25, -0.2) is 0 Å². The normalized spacial score (nSPS) is 17.2. The van der Waals surface area contributed by atoms with E-state index >= 15 is 0 Å². The summed E-state index contributed by atoms with van der Waals surface area (Å²) in [5, 5.41) is 6.42. The zero-order chi connectivity index (χ0) is 17.3. The van der Waals surface area contributed by atoms with Crippen molar-refractivity contribution in [2.75, 3.05) is 23.9 Å². The largest absolute Gasteiger partial charge is 0.495 e. The number of ether oxygens (including phenoxy) is 1. The van der Waals surface area contributed by atoms with E-state index in [1.807, 2.05) is 25.1 Å². The second-order valence-electron chi connectivity index (χ2n) is 5.89. The fourth-order valence-electron chi connectivity index (χ4n) is 2.78. The van der Waals surface area contributed by atoms with E-state index in [2.05, 4.69) is 10.5 Å². The number of aryl methyl sites for hydroxylation is 2. The van der Waals surface area contributed by atoms with Crippen LogP contribution < -0.4 is 15.0 Å². The smallest absolute Gasteiger partial charge is 0.231 e. The molecule has 1 fully saturated rings. The maximum atomic E-state index is 12.4. The summed E-state index contributed by atoms with van der Waals surface area (Å²) in [5.74, 6) is 0.790. The van der Waals surface area contributed by atoms with Crippen LogP contribution in [0.3, 0.4) is 0 Å². The second-order valence-corrected chi connectivity index (χ2v) is 5.89. The molecule has 7 heteroatoms. The van der Waals surface area contributed by atoms with Gasteiger partial charge in [0.2, 0.25) is 11.8 Å². The number of aromatic nitrogens is 1. The first-order chi connectivity index (χ1) is 11.5. The van der Waals surface area contributed by atoms with Gasteiger partial charge in [-0.3, -0.25) is 9.59 Å². The van der Waals surface area contributed by atoms with Crippen LogP contribution in [0.2, 0.25) is 0 Å². The van der Waals surface area contributed by atoms with Crippen molar-refractivity contribution in [3.05, 3.63) is 35.6 Å². The molecule has 0 unspecified atom stereocenters. The Morgan fingerprint density at radius 3 is 2.83 bits per heavy atom. The Bertz CT molecular complexity index is 784. The van der Waals surface area contributed by atoms with E-state index in [1.165, 1.54) is 0 Å². The topological polar surface area (TPSA) is 84.7 Å². The van der Waals surface area contributed by atoms with E-state index in [0.29, 0.717) is 29.6 Å². The maximum absolute atomic E-state index is 12.4. The molecule has 2 amide bonds. The predicted octanol–water partition coefficient (Wildman–Crippen LogP) is 2.29. The van der Waals surface area contributed by atoms with Crippen LogP contribution >= 0.6 is 0 Å². The van der Waals surface area contributed by atoms with Gasteiger partial charge in [0.25, 0.3) is 0 Å². The number of carbonyl (C=O) groups is 2. The Hall–Kier alpha value is -2.83. The van der Waals surface area contributed by atoms with Crippen LogP contribution in [0.5, 0.6) is 5.75 Å². The molecule has 0 radical (unpaired) electrons. The molecule has 0 bridgehead atoms. The summed E-state index contributed by atoms with van der Waals surface area (Å²) in [4.78, 5) is 26.3. The molecule has 7 nitrogen and oxygen atoms in total. The molecule has 1 aliphatic rings. The molecule has 126 valence electrons. The van der Waals surface area contributed by atoms with Gasteiger partial charge in [-0.05, 0) is 31.5 Å². The van der Waals surface area contributed by atoms with Gasteiger partial charge in [-0.2, -0.15) is 0 Å². The third kappa shape index (κ3) is 3.10. The minimum atomic E-state index is -0.445. The van der Waals surface area contributed by atoms with Crippen molar-refractivity contribution in [3.63, 3.8) is 0 Å². The van der Waals surface area contributed by atoms with Crippen LogP contribution in [0, 0.1) is 19.8 Å². The van der Waals surface area contributed by atoms with E-state index < -0.39 is 5.92 Å². The minimum Gasteiger partial charge on any atom is -0.495 e. The highest BCUT2D eigenvalue weighted by Gasteiger charge is 2.36. The first kappa shape index (κ1) is 16.0. The number of anilines is 2. The summed E-state index contributed by atoms with van der Waals surface area (Å²) in [7, 11) is 1.56. The highest BCUT2D eigenvalue weighted by atomic mass is 16.5. The second kappa shape index (κ2) is 6.35. The molecule has 1 saturated heterocycles. The number of carbonyl (C=O) groups excluding carboxylic acids is 2. The van der Waals surface area contributed by atoms with Gasteiger partial charge < -0.3 is 19.5 Å². The SMILES string of the molecule is COc1ccc(C)cc1N1C[C@@H](C(=O)Nc2cc(C)on2)CC1=O. The van der Waals surface area contributed by atoms with Crippen molar-refractivity contribution in [2.45, 2.75) is 20.3 Å². The quantitative estimate of drug-likeness (QED) is 0.930. The molecule has 1 aromatic carbocycles. The lowest BCUT2D eigenvalue weighted by atomic mass is 10.1. The van der Waals surface area contributed by atoms with Gasteiger partial charge in [0.05, 0.1) is 18.7 Å². The molecule has 1 aromatic heterocycles. The van der Waals surface area contributed by atoms with Gasteiger partial charge in [0, 0.05) is 19.0 Å². The summed E-state index contributed by atoms with van der Waals surface area (Å²) in [6, 6.07) is 7.26. The Labute approximate surface area is 139 Å². The molecule has 0 spiro atoms. The van der Waals surface area contributed by atoms with Crippen molar-refractivity contribution in [2.24, 2.45) is 5.92 Å². The molecule has 2 heterocycles. The van der Waals surface area contributed by atoms with Gasteiger partial charge in [-0.1, -0.05) is 11.2 Å². The Balaban J connectivity index is 1.76. The lowest BCUT2D eigenvalue weighted by Crippen LogP contribution is -2.28. The summed E-state index contributed by atoms with van der Waals surface area (Å²) in [6.45, 7) is 4.00. The van der Waals surface area contributed by atoms with Crippen molar-refractivity contribution in [3.8, 4) is 5.75 Å². The number of rotatable bonds is 4. The number of amides is 2. The number of nitrogens with one attached hydrogen (secondary N) is 1. The summed E-state index contributed by atoms with van der Waals surface area (Å²) < 4.78 is 10.3. The van der Waals surface area contributed by atoms with Crippen LogP contribution in [0.4, 0.5) is 11.5 Å². The third-order valence-corrected chi connectivity index (χ3v) is 4.00. The number of methoxy groups -OCH3 is 1. The molecule has 1 aliphatic heterocycles. The van der Waals surface area contributed by atoms with Crippen molar-refractivity contribution >= 4 is 23.3 Å². The van der Waals surface area contributed by atoms with Crippen LogP contribution in [-0.4, -0.2) is 30.6 Å². The van der Waals surface area contributed by atoms with Crippen LogP contribution in [0.25, 0.3) is 0 Å². The standard InChI is InChI=1S/C17H19N3O4/c1-10-4-5-14(23-3)13(6-10)20-9-12(8-16(20)21)17(22)18-15-7-11(2)24-19-15/h4-7,12H,8-9H2,1-3H3,(H,18,19,22)/t12-/m0/s1. The molecule has 24 heavy (non-hydrogen) atoms. The first-order valence-electron chi connectivity index (χ1n) is 7.67. The Morgan fingerprint density at radius 2 is 2.17 bits per heavy atom. The molecular weight excluding hydrogens is 310 g/mol. The monoisotopic (exact) mass is 329 g/mol. The van der Waals surface area contributed by atoms with Crippen LogP contribution in [0.15, 0.2) is 28.8 Å². The zero-order valence-electron chi connectivity index (χ0n) is 13.8. The number of hydrogen-bond donors (Lipinski definition) is 1. The minimum absolute atomic E-state index is 0.101. The summed E-state index contributed by atoms with van der Waals surface area (Å²) in [5.41, 5.74) is 1.71. The van der Waals surface area contributed by atoms with E-state index in [9.17, 15) is 9.59 Å². The molecule has 2 aromatic rings. The lowest BCUT2D eigenvalue weighted by Gasteiger charge is -2.20. The number of hydrogen-bond acceptors (Lipinski definition) is 5. The zero-order valence-corrected chi connectivity index (χ0v) is 13.8. The third-order valence-electron chi connectivity index (χ3n) is 4.00. The fourth-order valence-corrected chi connectivity index (χ4v) is 2.78. The lowest BCUT2D eigenvalue weighted by molar-refractivity contribution is -0.122. The Morgan fingerprint density at radius 1 is 1.38 bits per heavy atom. The van der Waals surface area contributed by atoms with Crippen molar-refractivity contribution in [1.29, 1.82) is 0 Å². The van der Waals surface area contributed by atoms with E-state index in [4.69, 9.17) is 9.26 Å². The summed E-state index contributed by atoms with van der Waals surface area (Å²) in [6.07, 6.45) is 0.153. The van der Waals surface area contributed by atoms with E-state index in [0.717, 1.165) is 5.56 Å². The number of benzene rings is 1.